The molecule has 110 valence electrons. The number of rotatable bonds is 4. The van der Waals surface area contributed by atoms with E-state index in [-0.39, 0.29) is 0 Å². The molecule has 1 saturated heterocycles. The zero-order valence-electron chi connectivity index (χ0n) is 12.3. The Bertz CT molecular complexity index is 447. The number of likely N-dealkylation sites (tertiary alicyclic amines) is 1. The summed E-state index contributed by atoms with van der Waals surface area (Å²) in [5.74, 6) is -0.744. The number of anilines is 1. The smallest absolute Gasteiger partial charge is 0.329 e. The van der Waals surface area contributed by atoms with Gasteiger partial charge in [-0.15, -0.1) is 0 Å². The summed E-state index contributed by atoms with van der Waals surface area (Å²) in [6.45, 7) is 6.13. The highest BCUT2D eigenvalue weighted by atomic mass is 16.4. The van der Waals surface area contributed by atoms with Crippen LogP contribution in [0.4, 0.5) is 5.69 Å². The average Bonchev–Trinajstić information content (AvgIpc) is 2.63. The topological polar surface area (TPSA) is 52.6 Å². The van der Waals surface area contributed by atoms with Gasteiger partial charge in [0, 0.05) is 18.3 Å². The van der Waals surface area contributed by atoms with Crippen LogP contribution in [-0.2, 0) is 4.79 Å². The molecule has 4 heteroatoms. The van der Waals surface area contributed by atoms with Crippen LogP contribution in [0.15, 0.2) is 30.3 Å². The SMILES string of the molecule is CC(C)N1CCCC(Nc2ccccc2)(C(=O)O)CC1. The minimum atomic E-state index is -0.842. The van der Waals surface area contributed by atoms with E-state index in [0.29, 0.717) is 18.9 Å². The number of carbonyl (C=O) groups is 1. The minimum absolute atomic E-state index is 0.469. The average molecular weight is 276 g/mol. The van der Waals surface area contributed by atoms with Crippen LogP contribution in [0.1, 0.15) is 33.1 Å². The predicted molar refractivity (Wildman–Crippen MR) is 81.0 cm³/mol. The van der Waals surface area contributed by atoms with Gasteiger partial charge in [-0.05, 0) is 51.8 Å². The Balaban J connectivity index is 2.16. The van der Waals surface area contributed by atoms with Crippen LogP contribution in [0.5, 0.6) is 0 Å². The molecule has 2 rings (SSSR count). The molecule has 0 spiro atoms. The summed E-state index contributed by atoms with van der Waals surface area (Å²) in [5.41, 5.74) is 0.0400. The quantitative estimate of drug-likeness (QED) is 0.888. The van der Waals surface area contributed by atoms with E-state index < -0.39 is 11.5 Å². The fourth-order valence-corrected chi connectivity index (χ4v) is 2.86. The van der Waals surface area contributed by atoms with Crippen LogP contribution in [0.25, 0.3) is 0 Å². The molecule has 0 radical (unpaired) electrons. The van der Waals surface area contributed by atoms with Crippen molar-refractivity contribution in [3.8, 4) is 0 Å². The summed E-state index contributed by atoms with van der Waals surface area (Å²) >= 11 is 0. The molecule has 1 fully saturated rings. The largest absolute Gasteiger partial charge is 0.480 e. The van der Waals surface area contributed by atoms with Crippen molar-refractivity contribution in [3.63, 3.8) is 0 Å². The van der Waals surface area contributed by atoms with E-state index >= 15 is 0 Å². The molecule has 1 unspecified atom stereocenters. The summed E-state index contributed by atoms with van der Waals surface area (Å²) < 4.78 is 0. The molecule has 1 aliphatic rings. The highest BCUT2D eigenvalue weighted by molar-refractivity contribution is 5.82. The summed E-state index contributed by atoms with van der Waals surface area (Å²) in [6.07, 6.45) is 2.21. The number of carboxylic acid groups (broad SMARTS) is 1. The van der Waals surface area contributed by atoms with Gasteiger partial charge in [-0.1, -0.05) is 18.2 Å². The lowest BCUT2D eigenvalue weighted by Gasteiger charge is -2.31. The summed E-state index contributed by atoms with van der Waals surface area (Å²) in [4.78, 5) is 14.2. The molecular weight excluding hydrogens is 252 g/mol. The van der Waals surface area contributed by atoms with Crippen LogP contribution in [-0.4, -0.2) is 40.6 Å². The lowest BCUT2D eigenvalue weighted by Crippen LogP contribution is -2.47. The van der Waals surface area contributed by atoms with Crippen LogP contribution in [0, 0.1) is 0 Å². The Kier molecular flexibility index (Phi) is 4.65. The number of para-hydroxylation sites is 1. The fraction of sp³-hybridized carbons (Fsp3) is 0.562. The van der Waals surface area contributed by atoms with Gasteiger partial charge in [0.2, 0.25) is 0 Å². The number of aliphatic carboxylic acids is 1. The summed E-state index contributed by atoms with van der Waals surface area (Å²) in [7, 11) is 0. The standard InChI is InChI=1S/C16H24N2O2/c1-13(2)18-11-6-9-16(10-12-18,15(19)20)17-14-7-4-3-5-8-14/h3-5,7-8,13,17H,6,9-12H2,1-2H3,(H,19,20). The summed E-state index contributed by atoms with van der Waals surface area (Å²) in [5, 5.41) is 13.0. The molecule has 2 N–H and O–H groups in total. The molecular formula is C16H24N2O2. The van der Waals surface area contributed by atoms with Gasteiger partial charge in [-0.25, -0.2) is 4.79 Å². The number of hydrogen-bond donors (Lipinski definition) is 2. The van der Waals surface area contributed by atoms with Crippen LogP contribution < -0.4 is 5.32 Å². The number of benzene rings is 1. The van der Waals surface area contributed by atoms with Gasteiger partial charge in [0.05, 0.1) is 0 Å². The molecule has 0 saturated carbocycles. The number of hydrogen-bond acceptors (Lipinski definition) is 3. The molecule has 1 aliphatic heterocycles. The monoisotopic (exact) mass is 276 g/mol. The lowest BCUT2D eigenvalue weighted by atomic mass is 9.90. The van der Waals surface area contributed by atoms with Crippen molar-refractivity contribution in [1.82, 2.24) is 4.90 Å². The van der Waals surface area contributed by atoms with Crippen molar-refractivity contribution >= 4 is 11.7 Å². The van der Waals surface area contributed by atoms with Crippen molar-refractivity contribution < 1.29 is 9.90 Å². The van der Waals surface area contributed by atoms with E-state index in [4.69, 9.17) is 0 Å². The van der Waals surface area contributed by atoms with Gasteiger partial charge in [-0.3, -0.25) is 0 Å². The normalized spacial score (nSPS) is 24.4. The van der Waals surface area contributed by atoms with Gasteiger partial charge in [0.25, 0.3) is 0 Å². The van der Waals surface area contributed by atoms with Crippen LogP contribution >= 0.6 is 0 Å². The molecule has 4 nitrogen and oxygen atoms in total. The van der Waals surface area contributed by atoms with Crippen molar-refractivity contribution in [2.75, 3.05) is 18.4 Å². The number of carboxylic acids is 1. The molecule has 1 atom stereocenters. The second kappa shape index (κ2) is 6.27. The second-order valence-electron chi connectivity index (χ2n) is 5.86. The Morgan fingerprint density at radius 3 is 2.55 bits per heavy atom. The first kappa shape index (κ1) is 14.9. The third kappa shape index (κ3) is 3.31. The van der Waals surface area contributed by atoms with Gasteiger partial charge >= 0.3 is 5.97 Å². The van der Waals surface area contributed by atoms with E-state index in [9.17, 15) is 9.90 Å². The maximum atomic E-state index is 11.8. The van der Waals surface area contributed by atoms with Crippen LogP contribution in [0.2, 0.25) is 0 Å². The van der Waals surface area contributed by atoms with E-state index in [1.807, 2.05) is 30.3 Å². The highest BCUT2D eigenvalue weighted by Crippen LogP contribution is 2.28. The van der Waals surface area contributed by atoms with Gasteiger partial charge in [0.15, 0.2) is 0 Å². The Hall–Kier alpha value is -1.55. The first-order valence-corrected chi connectivity index (χ1v) is 7.34. The zero-order chi connectivity index (χ0) is 14.6. The fourth-order valence-electron chi connectivity index (χ4n) is 2.86. The highest BCUT2D eigenvalue weighted by Gasteiger charge is 2.40. The first-order valence-electron chi connectivity index (χ1n) is 7.34. The second-order valence-corrected chi connectivity index (χ2v) is 5.86. The first-order chi connectivity index (χ1) is 9.53. The van der Waals surface area contributed by atoms with E-state index in [1.54, 1.807) is 0 Å². The molecule has 0 aromatic heterocycles. The Morgan fingerprint density at radius 1 is 1.25 bits per heavy atom. The Labute approximate surface area is 120 Å². The minimum Gasteiger partial charge on any atom is -0.480 e. The third-order valence-electron chi connectivity index (χ3n) is 4.17. The maximum Gasteiger partial charge on any atom is 0.329 e. The molecule has 0 aliphatic carbocycles. The van der Waals surface area contributed by atoms with Crippen LogP contribution in [0.3, 0.4) is 0 Å². The van der Waals surface area contributed by atoms with Crippen molar-refractivity contribution in [1.29, 1.82) is 0 Å². The van der Waals surface area contributed by atoms with Crippen molar-refractivity contribution in [2.45, 2.75) is 44.7 Å². The predicted octanol–water partition coefficient (Wildman–Crippen LogP) is 2.82. The molecule has 1 aromatic carbocycles. The van der Waals surface area contributed by atoms with Gasteiger partial charge in [0.1, 0.15) is 5.54 Å². The third-order valence-corrected chi connectivity index (χ3v) is 4.17. The summed E-state index contributed by atoms with van der Waals surface area (Å²) in [6, 6.07) is 10.1. The van der Waals surface area contributed by atoms with E-state index in [0.717, 1.165) is 25.2 Å². The van der Waals surface area contributed by atoms with Gasteiger partial charge < -0.3 is 15.3 Å². The van der Waals surface area contributed by atoms with Crippen molar-refractivity contribution in [3.05, 3.63) is 30.3 Å². The van der Waals surface area contributed by atoms with E-state index in [2.05, 4.69) is 24.1 Å². The molecule has 1 aromatic rings. The number of nitrogens with one attached hydrogen (secondary N) is 1. The molecule has 1 heterocycles. The lowest BCUT2D eigenvalue weighted by molar-refractivity contribution is -0.142. The maximum absolute atomic E-state index is 11.8. The van der Waals surface area contributed by atoms with Crippen molar-refractivity contribution in [2.24, 2.45) is 0 Å². The zero-order valence-corrected chi connectivity index (χ0v) is 12.3. The van der Waals surface area contributed by atoms with Gasteiger partial charge in [-0.2, -0.15) is 0 Å². The Morgan fingerprint density at radius 2 is 1.95 bits per heavy atom. The molecule has 0 amide bonds. The van der Waals surface area contributed by atoms with E-state index in [1.165, 1.54) is 0 Å². The molecule has 0 bridgehead atoms. The molecule has 20 heavy (non-hydrogen) atoms. The number of nitrogens with zero attached hydrogens (tertiary/aromatic N) is 1.